The summed E-state index contributed by atoms with van der Waals surface area (Å²) >= 11 is 3.23. The summed E-state index contributed by atoms with van der Waals surface area (Å²) in [4.78, 5) is 2.33. The molecule has 1 fully saturated rings. The summed E-state index contributed by atoms with van der Waals surface area (Å²) in [6.45, 7) is 7.08. The van der Waals surface area contributed by atoms with E-state index in [0.717, 1.165) is 13.1 Å². The van der Waals surface area contributed by atoms with E-state index in [2.05, 4.69) is 26.1 Å². The Hall–Kier alpha value is -0.410. The molecule has 1 saturated heterocycles. The highest BCUT2D eigenvalue weighted by molar-refractivity contribution is 9.10. The van der Waals surface area contributed by atoms with Crippen molar-refractivity contribution < 1.29 is 12.8 Å². The lowest BCUT2D eigenvalue weighted by Crippen LogP contribution is -2.47. The maximum absolute atomic E-state index is 12.7. The third kappa shape index (κ3) is 4.07. The molecule has 0 unspecified atom stereocenters. The molecule has 0 amide bonds. The second-order valence-corrected chi connectivity index (χ2v) is 8.22. The number of sulfonamides is 1. The number of hydrogen-bond acceptors (Lipinski definition) is 5. The number of likely N-dealkylation sites (N-methyl/N-ethyl adjacent to an activating group) is 1. The Morgan fingerprint density at radius 2 is 1.95 bits per heavy atom. The molecule has 6 nitrogen and oxygen atoms in total. The van der Waals surface area contributed by atoms with Gasteiger partial charge >= 0.3 is 0 Å². The van der Waals surface area contributed by atoms with E-state index in [-0.39, 0.29) is 9.56 Å². The zero-order chi connectivity index (χ0) is 15.6. The highest BCUT2D eigenvalue weighted by Gasteiger charge is 2.31. The van der Waals surface area contributed by atoms with Crippen LogP contribution in [-0.4, -0.2) is 56.9 Å². The average Bonchev–Trinajstić information content (AvgIpc) is 2.79. The number of rotatable bonds is 5. The van der Waals surface area contributed by atoms with E-state index in [4.69, 9.17) is 4.42 Å². The van der Waals surface area contributed by atoms with Crippen molar-refractivity contribution in [2.45, 2.75) is 31.3 Å². The first-order valence-corrected chi connectivity index (χ1v) is 9.24. The molecule has 0 atom stereocenters. The van der Waals surface area contributed by atoms with Crippen molar-refractivity contribution >= 4 is 26.0 Å². The number of furan rings is 1. The molecule has 2 heterocycles. The molecule has 1 aliphatic rings. The van der Waals surface area contributed by atoms with Crippen LogP contribution in [0.3, 0.4) is 0 Å². The van der Waals surface area contributed by atoms with Crippen LogP contribution in [0.25, 0.3) is 0 Å². The number of piperazine rings is 1. The predicted octanol–water partition coefficient (Wildman–Crippen LogP) is 1.48. The van der Waals surface area contributed by atoms with Gasteiger partial charge in [0.25, 0.3) is 0 Å². The Balaban J connectivity index is 2.16. The van der Waals surface area contributed by atoms with Crippen LogP contribution in [0, 0.1) is 0 Å². The maximum Gasteiger partial charge on any atom is 0.247 e. The summed E-state index contributed by atoms with van der Waals surface area (Å²) in [5.74, 6) is 0.614. The third-order valence-corrected chi connectivity index (χ3v) is 6.23. The maximum atomic E-state index is 12.7. The average molecular weight is 380 g/mol. The largest absolute Gasteiger partial charge is 0.452 e. The van der Waals surface area contributed by atoms with Crippen molar-refractivity contribution in [3.05, 3.63) is 16.5 Å². The van der Waals surface area contributed by atoms with E-state index in [9.17, 15) is 8.42 Å². The Labute approximate surface area is 134 Å². The topological polar surface area (TPSA) is 65.8 Å². The van der Waals surface area contributed by atoms with Gasteiger partial charge in [0.1, 0.15) is 10.7 Å². The number of nitrogens with one attached hydrogen (secondary N) is 1. The molecular formula is C13H22BrN3O3S. The van der Waals surface area contributed by atoms with Crippen LogP contribution >= 0.6 is 15.9 Å². The molecular weight excluding hydrogens is 358 g/mol. The molecule has 21 heavy (non-hydrogen) atoms. The van der Waals surface area contributed by atoms with Crippen LogP contribution in [0.1, 0.15) is 19.6 Å². The molecule has 120 valence electrons. The fourth-order valence-electron chi connectivity index (χ4n) is 2.13. The van der Waals surface area contributed by atoms with Crippen molar-refractivity contribution in [3.63, 3.8) is 0 Å². The van der Waals surface area contributed by atoms with Crippen LogP contribution < -0.4 is 5.32 Å². The second-order valence-electron chi connectivity index (χ2n) is 5.59. The standard InChI is InChI=1S/C13H22BrN3O3S/c1-10(2)15-9-11-8-12(13(14)20-11)21(18,19)17-6-4-16(3)5-7-17/h8,10,15H,4-7,9H2,1-3H3. The van der Waals surface area contributed by atoms with Gasteiger partial charge in [-0.3, -0.25) is 0 Å². The monoisotopic (exact) mass is 379 g/mol. The Morgan fingerprint density at radius 1 is 1.33 bits per heavy atom. The summed E-state index contributed by atoms with van der Waals surface area (Å²) < 4.78 is 32.6. The SMILES string of the molecule is CC(C)NCc1cc(S(=O)(=O)N2CCN(C)CC2)c(Br)o1. The van der Waals surface area contributed by atoms with E-state index in [0.29, 0.717) is 31.4 Å². The van der Waals surface area contributed by atoms with Gasteiger partial charge in [0.15, 0.2) is 4.67 Å². The lowest BCUT2D eigenvalue weighted by Gasteiger charge is -2.31. The minimum absolute atomic E-state index is 0.215. The third-order valence-electron chi connectivity index (χ3n) is 3.47. The number of nitrogens with zero attached hydrogens (tertiary/aromatic N) is 2. The van der Waals surface area contributed by atoms with E-state index in [1.54, 1.807) is 6.07 Å². The lowest BCUT2D eigenvalue weighted by atomic mass is 10.3. The van der Waals surface area contributed by atoms with Gasteiger partial charge in [-0.05, 0) is 23.0 Å². The summed E-state index contributed by atoms with van der Waals surface area (Å²) in [6, 6.07) is 1.92. The highest BCUT2D eigenvalue weighted by Crippen LogP contribution is 2.29. The minimum atomic E-state index is -3.50. The van der Waals surface area contributed by atoms with Gasteiger partial charge in [-0.2, -0.15) is 4.31 Å². The summed E-state index contributed by atoms with van der Waals surface area (Å²) in [7, 11) is -1.50. The fraction of sp³-hybridized carbons (Fsp3) is 0.692. The van der Waals surface area contributed by atoms with E-state index in [1.165, 1.54) is 4.31 Å². The van der Waals surface area contributed by atoms with Gasteiger partial charge in [0.05, 0.1) is 6.54 Å². The normalized spacial score (nSPS) is 18.5. The second kappa shape index (κ2) is 6.78. The highest BCUT2D eigenvalue weighted by atomic mass is 79.9. The van der Waals surface area contributed by atoms with Crippen LogP contribution in [-0.2, 0) is 16.6 Å². The van der Waals surface area contributed by atoms with E-state index >= 15 is 0 Å². The van der Waals surface area contributed by atoms with E-state index < -0.39 is 10.0 Å². The number of halogens is 1. The quantitative estimate of drug-likeness (QED) is 0.838. The van der Waals surface area contributed by atoms with E-state index in [1.807, 2.05) is 20.9 Å². The molecule has 1 N–H and O–H groups in total. The Morgan fingerprint density at radius 3 is 2.52 bits per heavy atom. The van der Waals surface area contributed by atoms with Gasteiger partial charge < -0.3 is 14.6 Å². The minimum Gasteiger partial charge on any atom is -0.452 e. The Bertz CT molecular complexity index is 577. The lowest BCUT2D eigenvalue weighted by molar-refractivity contribution is 0.222. The first kappa shape index (κ1) is 17.0. The van der Waals surface area contributed by atoms with Gasteiger partial charge in [-0.15, -0.1) is 0 Å². The number of hydrogen-bond donors (Lipinski definition) is 1. The van der Waals surface area contributed by atoms with Crippen molar-refractivity contribution in [1.82, 2.24) is 14.5 Å². The van der Waals surface area contributed by atoms with Gasteiger partial charge in [0, 0.05) is 38.3 Å². The van der Waals surface area contributed by atoms with Gasteiger partial charge in [-0.1, -0.05) is 13.8 Å². The molecule has 1 aromatic rings. The Kier molecular flexibility index (Phi) is 5.48. The van der Waals surface area contributed by atoms with Gasteiger partial charge in [0.2, 0.25) is 10.0 Å². The molecule has 0 aromatic carbocycles. The predicted molar refractivity (Wildman–Crippen MR) is 84.6 cm³/mol. The van der Waals surface area contributed by atoms with Crippen LogP contribution in [0.15, 0.2) is 20.0 Å². The molecule has 1 aliphatic heterocycles. The van der Waals surface area contributed by atoms with Crippen molar-refractivity contribution in [3.8, 4) is 0 Å². The smallest absolute Gasteiger partial charge is 0.247 e. The zero-order valence-corrected chi connectivity index (χ0v) is 15.0. The van der Waals surface area contributed by atoms with Crippen molar-refractivity contribution in [1.29, 1.82) is 0 Å². The fourth-order valence-corrected chi connectivity index (χ4v) is 4.52. The summed E-state index contributed by atoms with van der Waals surface area (Å²) in [5.41, 5.74) is 0. The summed E-state index contributed by atoms with van der Waals surface area (Å²) in [6.07, 6.45) is 0. The van der Waals surface area contributed by atoms with Crippen molar-refractivity contribution in [2.75, 3.05) is 33.2 Å². The van der Waals surface area contributed by atoms with Crippen molar-refractivity contribution in [2.24, 2.45) is 0 Å². The molecule has 2 rings (SSSR count). The summed E-state index contributed by atoms with van der Waals surface area (Å²) in [5, 5.41) is 3.21. The first-order valence-electron chi connectivity index (χ1n) is 7.01. The molecule has 0 saturated carbocycles. The molecule has 0 spiro atoms. The van der Waals surface area contributed by atoms with Crippen LogP contribution in [0.2, 0.25) is 0 Å². The molecule has 0 aliphatic carbocycles. The first-order chi connectivity index (χ1) is 9.80. The van der Waals surface area contributed by atoms with Crippen LogP contribution in [0.5, 0.6) is 0 Å². The zero-order valence-electron chi connectivity index (χ0n) is 12.6. The molecule has 8 heteroatoms. The van der Waals surface area contributed by atoms with Gasteiger partial charge in [-0.25, -0.2) is 8.42 Å². The molecule has 1 aromatic heterocycles. The van der Waals surface area contributed by atoms with Crippen LogP contribution in [0.4, 0.5) is 0 Å². The molecule has 0 radical (unpaired) electrons. The molecule has 0 bridgehead atoms.